The van der Waals surface area contributed by atoms with Crippen LogP contribution in [0.25, 0.3) is 0 Å². The lowest BCUT2D eigenvalue weighted by Crippen LogP contribution is -2.52. The van der Waals surface area contributed by atoms with Crippen LogP contribution in [0.2, 0.25) is 0 Å². The van der Waals surface area contributed by atoms with Crippen LogP contribution in [0.5, 0.6) is 5.75 Å². The minimum Gasteiger partial charge on any atom is -0.484 e. The minimum absolute atomic E-state index is 0.156. The summed E-state index contributed by atoms with van der Waals surface area (Å²) in [6.07, 6.45) is 0.417. The monoisotopic (exact) mass is 536 g/mol. The molecule has 3 rings (SSSR count). The molecular formula is C29H33BrN2O3. The molecule has 0 saturated heterocycles. The van der Waals surface area contributed by atoms with Gasteiger partial charge in [0.25, 0.3) is 5.91 Å². The Balaban J connectivity index is 1.87. The Morgan fingerprint density at radius 3 is 2.17 bits per heavy atom. The summed E-state index contributed by atoms with van der Waals surface area (Å²) >= 11 is 3.49. The summed E-state index contributed by atoms with van der Waals surface area (Å²) in [4.78, 5) is 28.6. The molecule has 0 aromatic heterocycles. The van der Waals surface area contributed by atoms with Gasteiger partial charge in [-0.25, -0.2) is 0 Å². The summed E-state index contributed by atoms with van der Waals surface area (Å²) in [6.45, 7) is 6.77. The van der Waals surface area contributed by atoms with Gasteiger partial charge in [-0.2, -0.15) is 0 Å². The van der Waals surface area contributed by atoms with Crippen LogP contribution in [-0.4, -0.2) is 35.9 Å². The molecule has 6 heteroatoms. The number of rotatable bonds is 11. The number of amides is 2. The zero-order valence-corrected chi connectivity index (χ0v) is 22.1. The van der Waals surface area contributed by atoms with Crippen LogP contribution in [-0.2, 0) is 22.6 Å². The highest BCUT2D eigenvalue weighted by Crippen LogP contribution is 2.22. The zero-order chi connectivity index (χ0) is 25.2. The first-order valence-corrected chi connectivity index (χ1v) is 12.7. The smallest absolute Gasteiger partial charge is 0.261 e. The number of ether oxygens (including phenoxy) is 1. The number of carbonyl (C=O) groups is 2. The Labute approximate surface area is 216 Å². The number of carbonyl (C=O) groups excluding carboxylic acids is 2. The third-order valence-electron chi connectivity index (χ3n) is 5.64. The number of nitrogens with one attached hydrogen (secondary N) is 1. The fourth-order valence-electron chi connectivity index (χ4n) is 3.69. The van der Waals surface area contributed by atoms with E-state index >= 15 is 0 Å². The highest BCUT2D eigenvalue weighted by atomic mass is 79.9. The van der Waals surface area contributed by atoms with Gasteiger partial charge in [0.15, 0.2) is 6.61 Å². The van der Waals surface area contributed by atoms with Crippen molar-refractivity contribution in [3.05, 3.63) is 100 Å². The molecule has 0 spiro atoms. The highest BCUT2D eigenvalue weighted by molar-refractivity contribution is 9.10. The highest BCUT2D eigenvalue weighted by Gasteiger charge is 2.30. The van der Waals surface area contributed by atoms with E-state index in [1.54, 1.807) is 4.90 Å². The molecule has 0 aliphatic carbocycles. The number of nitrogens with zero attached hydrogens (tertiary/aromatic N) is 1. The van der Waals surface area contributed by atoms with Gasteiger partial charge in [0.2, 0.25) is 5.91 Å². The average molecular weight is 537 g/mol. The van der Waals surface area contributed by atoms with Crippen LogP contribution in [0.15, 0.2) is 83.3 Å². The van der Waals surface area contributed by atoms with Crippen LogP contribution in [0.1, 0.15) is 30.5 Å². The van der Waals surface area contributed by atoms with Crippen molar-refractivity contribution in [2.24, 2.45) is 5.92 Å². The summed E-state index contributed by atoms with van der Waals surface area (Å²) < 4.78 is 6.84. The number of benzene rings is 3. The fourth-order valence-corrected chi connectivity index (χ4v) is 3.94. The predicted octanol–water partition coefficient (Wildman–Crippen LogP) is 5.55. The molecule has 0 bridgehead atoms. The molecule has 184 valence electrons. The van der Waals surface area contributed by atoms with E-state index in [9.17, 15) is 9.59 Å². The molecule has 0 aliphatic rings. The van der Waals surface area contributed by atoms with Gasteiger partial charge in [0.1, 0.15) is 11.8 Å². The van der Waals surface area contributed by atoms with Gasteiger partial charge in [-0.3, -0.25) is 9.59 Å². The van der Waals surface area contributed by atoms with Gasteiger partial charge in [0.05, 0.1) is 0 Å². The van der Waals surface area contributed by atoms with Gasteiger partial charge >= 0.3 is 0 Å². The molecule has 1 N–H and O–H groups in total. The molecule has 0 saturated carbocycles. The predicted molar refractivity (Wildman–Crippen MR) is 143 cm³/mol. The second kappa shape index (κ2) is 13.1. The van der Waals surface area contributed by atoms with E-state index in [0.717, 1.165) is 21.2 Å². The van der Waals surface area contributed by atoms with Gasteiger partial charge in [-0.15, -0.1) is 0 Å². The molecule has 3 aromatic rings. The Hall–Kier alpha value is -3.12. The summed E-state index contributed by atoms with van der Waals surface area (Å²) in [5, 5.41) is 3.03. The van der Waals surface area contributed by atoms with Gasteiger partial charge in [0, 0.05) is 24.0 Å². The Morgan fingerprint density at radius 1 is 0.943 bits per heavy atom. The molecule has 0 unspecified atom stereocenters. The quantitative estimate of drug-likeness (QED) is 0.349. The first-order valence-electron chi connectivity index (χ1n) is 11.9. The number of hydrogen-bond donors (Lipinski definition) is 1. The molecule has 35 heavy (non-hydrogen) atoms. The summed E-state index contributed by atoms with van der Waals surface area (Å²) in [7, 11) is 0. The maximum absolute atomic E-state index is 13.6. The largest absolute Gasteiger partial charge is 0.484 e. The molecule has 0 fully saturated rings. The topological polar surface area (TPSA) is 58.6 Å². The van der Waals surface area contributed by atoms with Crippen molar-refractivity contribution >= 4 is 27.7 Å². The lowest BCUT2D eigenvalue weighted by Gasteiger charge is -2.31. The first kappa shape index (κ1) is 26.5. The minimum atomic E-state index is -0.667. The Kier molecular flexibility index (Phi) is 9.91. The van der Waals surface area contributed by atoms with Crippen LogP contribution in [0.3, 0.4) is 0 Å². The second-order valence-electron chi connectivity index (χ2n) is 9.05. The summed E-state index contributed by atoms with van der Waals surface area (Å²) in [5.41, 5.74) is 2.97. The molecule has 1 atom stereocenters. The number of hydrogen-bond acceptors (Lipinski definition) is 3. The van der Waals surface area contributed by atoms with Gasteiger partial charge in [-0.05, 0) is 47.7 Å². The molecule has 3 aromatic carbocycles. The third kappa shape index (κ3) is 8.25. The number of halogens is 1. The van der Waals surface area contributed by atoms with Crippen molar-refractivity contribution in [2.45, 2.75) is 39.8 Å². The maximum atomic E-state index is 13.6. The fraction of sp³-hybridized carbons (Fsp3) is 0.310. The molecular weight excluding hydrogens is 504 g/mol. The third-order valence-corrected chi connectivity index (χ3v) is 6.53. The van der Waals surface area contributed by atoms with E-state index in [2.05, 4.69) is 21.2 Å². The van der Waals surface area contributed by atoms with Crippen molar-refractivity contribution in [3.8, 4) is 5.75 Å². The van der Waals surface area contributed by atoms with Crippen molar-refractivity contribution in [1.82, 2.24) is 10.2 Å². The molecule has 0 aliphatic heterocycles. The van der Waals surface area contributed by atoms with E-state index in [0.29, 0.717) is 31.2 Å². The molecule has 5 nitrogen and oxygen atoms in total. The van der Waals surface area contributed by atoms with E-state index in [4.69, 9.17) is 4.74 Å². The normalized spacial score (nSPS) is 11.7. The molecule has 0 heterocycles. The van der Waals surface area contributed by atoms with Crippen molar-refractivity contribution in [3.63, 3.8) is 0 Å². The Bertz CT molecular complexity index is 1100. The first-order chi connectivity index (χ1) is 16.8. The maximum Gasteiger partial charge on any atom is 0.261 e. The average Bonchev–Trinajstić information content (AvgIpc) is 2.86. The Morgan fingerprint density at radius 2 is 1.57 bits per heavy atom. The van der Waals surface area contributed by atoms with Crippen molar-refractivity contribution < 1.29 is 14.3 Å². The summed E-state index contributed by atoms with van der Waals surface area (Å²) in [5.74, 6) is 0.516. The van der Waals surface area contributed by atoms with Crippen LogP contribution in [0.4, 0.5) is 0 Å². The van der Waals surface area contributed by atoms with E-state index < -0.39 is 6.04 Å². The molecule has 0 radical (unpaired) electrons. The van der Waals surface area contributed by atoms with E-state index in [1.165, 1.54) is 0 Å². The van der Waals surface area contributed by atoms with Gasteiger partial charge in [-0.1, -0.05) is 90.4 Å². The van der Waals surface area contributed by atoms with E-state index in [-0.39, 0.29) is 18.4 Å². The standard InChI is InChI=1S/C29H33BrN2O3/c1-21(2)18-31-29(34)27(17-23-10-6-4-7-11-23)32(19-24-12-8-5-9-13-24)28(33)20-35-25-14-15-26(30)22(3)16-25/h4-16,21,27H,17-20H2,1-3H3,(H,31,34)/t27-/m1/s1. The van der Waals surface area contributed by atoms with Crippen molar-refractivity contribution in [2.75, 3.05) is 13.2 Å². The number of aryl methyl sites for hydroxylation is 1. The lowest BCUT2D eigenvalue weighted by molar-refractivity contribution is -0.142. The van der Waals surface area contributed by atoms with E-state index in [1.807, 2.05) is 99.6 Å². The second-order valence-corrected chi connectivity index (χ2v) is 9.91. The van der Waals surface area contributed by atoms with Crippen LogP contribution in [0, 0.1) is 12.8 Å². The van der Waals surface area contributed by atoms with Crippen LogP contribution < -0.4 is 10.1 Å². The van der Waals surface area contributed by atoms with Crippen molar-refractivity contribution in [1.29, 1.82) is 0 Å². The van der Waals surface area contributed by atoms with Gasteiger partial charge < -0.3 is 15.0 Å². The lowest BCUT2D eigenvalue weighted by atomic mass is 10.0. The summed E-state index contributed by atoms with van der Waals surface area (Å²) in [6, 6.07) is 24.5. The zero-order valence-electron chi connectivity index (χ0n) is 20.5. The SMILES string of the molecule is Cc1cc(OCC(=O)N(Cc2ccccc2)[C@H](Cc2ccccc2)C(=O)NCC(C)C)ccc1Br. The molecule has 2 amide bonds. The van der Waals surface area contributed by atoms with Crippen LogP contribution >= 0.6 is 15.9 Å².